The largest absolute Gasteiger partial charge is 0.511 e. The number of rotatable bonds is 2. The molecule has 0 fully saturated rings. The average Bonchev–Trinajstić information content (AvgIpc) is 2.52. The Labute approximate surface area is 87.0 Å². The molecule has 0 aromatic carbocycles. The van der Waals surface area contributed by atoms with Crippen LogP contribution in [-0.4, -0.2) is 31.3 Å². The van der Waals surface area contributed by atoms with Gasteiger partial charge in [-0.2, -0.15) is 0 Å². The van der Waals surface area contributed by atoms with Gasteiger partial charge in [0.2, 0.25) is 0 Å². The molecule has 1 aliphatic carbocycles. The number of ether oxygens (including phenoxy) is 2. The predicted molar refractivity (Wildman–Crippen MR) is 51.0 cm³/mol. The van der Waals surface area contributed by atoms with E-state index >= 15 is 0 Å². The summed E-state index contributed by atoms with van der Waals surface area (Å²) in [5, 5.41) is 9.51. The minimum absolute atomic E-state index is 0.0168. The van der Waals surface area contributed by atoms with Crippen molar-refractivity contribution in [1.29, 1.82) is 0 Å². The summed E-state index contributed by atoms with van der Waals surface area (Å²) in [6.45, 7) is 1.57. The van der Waals surface area contributed by atoms with E-state index in [-0.39, 0.29) is 23.3 Å². The Morgan fingerprint density at radius 3 is 2.20 bits per heavy atom. The molecule has 0 saturated heterocycles. The van der Waals surface area contributed by atoms with Crippen molar-refractivity contribution in [3.05, 3.63) is 22.5 Å². The molecule has 0 amide bonds. The van der Waals surface area contributed by atoms with Gasteiger partial charge in [0, 0.05) is 12.0 Å². The summed E-state index contributed by atoms with van der Waals surface area (Å²) in [7, 11) is 2.46. The average molecular weight is 212 g/mol. The fourth-order valence-electron chi connectivity index (χ4n) is 1.48. The van der Waals surface area contributed by atoms with Crippen LogP contribution in [0.3, 0.4) is 0 Å². The van der Waals surface area contributed by atoms with Gasteiger partial charge < -0.3 is 14.6 Å². The molecule has 0 spiro atoms. The highest BCUT2D eigenvalue weighted by Crippen LogP contribution is 2.31. The molecule has 0 saturated carbocycles. The van der Waals surface area contributed by atoms with Gasteiger partial charge in [-0.05, 0) is 12.5 Å². The van der Waals surface area contributed by atoms with Crippen LogP contribution in [0.4, 0.5) is 0 Å². The summed E-state index contributed by atoms with van der Waals surface area (Å²) in [5.74, 6) is -1.35. The van der Waals surface area contributed by atoms with Gasteiger partial charge in [0.05, 0.1) is 14.2 Å². The number of methoxy groups -OCH3 is 2. The van der Waals surface area contributed by atoms with Crippen LogP contribution in [0.2, 0.25) is 0 Å². The van der Waals surface area contributed by atoms with Gasteiger partial charge in [0.15, 0.2) is 0 Å². The first-order valence-corrected chi connectivity index (χ1v) is 4.31. The summed E-state index contributed by atoms with van der Waals surface area (Å²) in [4.78, 5) is 22.5. The van der Waals surface area contributed by atoms with Crippen LogP contribution in [0.5, 0.6) is 0 Å². The maximum absolute atomic E-state index is 11.3. The van der Waals surface area contributed by atoms with Crippen LogP contribution in [0.25, 0.3) is 0 Å². The second-order valence-corrected chi connectivity index (χ2v) is 3.09. The Hall–Kier alpha value is -1.78. The van der Waals surface area contributed by atoms with Crippen LogP contribution < -0.4 is 0 Å². The van der Waals surface area contributed by atoms with Crippen LogP contribution in [0.15, 0.2) is 22.5 Å². The molecule has 0 bridgehead atoms. The van der Waals surface area contributed by atoms with E-state index in [0.29, 0.717) is 5.57 Å². The monoisotopic (exact) mass is 212 g/mol. The van der Waals surface area contributed by atoms with Gasteiger partial charge in [0.25, 0.3) is 0 Å². The maximum atomic E-state index is 11.3. The standard InChI is InChI=1S/C10H12O5/c1-5-6(9(12)14-2)4-7(11)8(5)10(13)15-3/h11H,4H2,1-3H3. The molecule has 0 radical (unpaired) electrons. The van der Waals surface area contributed by atoms with Crippen molar-refractivity contribution in [1.82, 2.24) is 0 Å². The topological polar surface area (TPSA) is 72.8 Å². The number of hydrogen-bond donors (Lipinski definition) is 1. The van der Waals surface area contributed by atoms with Crippen molar-refractivity contribution in [3.63, 3.8) is 0 Å². The Morgan fingerprint density at radius 1 is 1.20 bits per heavy atom. The normalized spacial score (nSPS) is 15.7. The zero-order valence-corrected chi connectivity index (χ0v) is 8.79. The van der Waals surface area contributed by atoms with E-state index in [1.165, 1.54) is 14.2 Å². The van der Waals surface area contributed by atoms with E-state index in [1.807, 2.05) is 0 Å². The highest BCUT2D eigenvalue weighted by atomic mass is 16.5. The lowest BCUT2D eigenvalue weighted by Gasteiger charge is -2.03. The fraction of sp³-hybridized carbons (Fsp3) is 0.400. The van der Waals surface area contributed by atoms with Crippen molar-refractivity contribution < 1.29 is 24.2 Å². The maximum Gasteiger partial charge on any atom is 0.341 e. The number of esters is 2. The molecular formula is C10H12O5. The highest BCUT2D eigenvalue weighted by Gasteiger charge is 2.30. The van der Waals surface area contributed by atoms with E-state index in [1.54, 1.807) is 6.92 Å². The number of allylic oxidation sites excluding steroid dienone is 1. The first-order valence-electron chi connectivity index (χ1n) is 4.31. The van der Waals surface area contributed by atoms with Crippen LogP contribution in [-0.2, 0) is 19.1 Å². The van der Waals surface area contributed by atoms with Gasteiger partial charge >= 0.3 is 11.9 Å². The molecular weight excluding hydrogens is 200 g/mol. The summed E-state index contributed by atoms with van der Waals surface area (Å²) < 4.78 is 9.02. The lowest BCUT2D eigenvalue weighted by atomic mass is 10.1. The van der Waals surface area contributed by atoms with E-state index < -0.39 is 11.9 Å². The fourth-order valence-corrected chi connectivity index (χ4v) is 1.48. The first-order chi connectivity index (χ1) is 7.02. The third-order valence-corrected chi connectivity index (χ3v) is 2.28. The predicted octanol–water partition coefficient (Wildman–Crippen LogP) is 0.865. The molecule has 0 aromatic rings. The van der Waals surface area contributed by atoms with E-state index in [2.05, 4.69) is 9.47 Å². The van der Waals surface area contributed by atoms with Crippen molar-refractivity contribution in [2.45, 2.75) is 13.3 Å². The van der Waals surface area contributed by atoms with Crippen LogP contribution in [0.1, 0.15) is 13.3 Å². The summed E-state index contributed by atoms with van der Waals surface area (Å²) in [5.41, 5.74) is 0.750. The Balaban J connectivity index is 3.08. The van der Waals surface area contributed by atoms with Crippen molar-refractivity contribution in [2.24, 2.45) is 0 Å². The molecule has 0 atom stereocenters. The Bertz CT molecular complexity index is 375. The van der Waals surface area contributed by atoms with E-state index in [4.69, 9.17) is 0 Å². The van der Waals surface area contributed by atoms with Gasteiger partial charge in [-0.3, -0.25) is 0 Å². The number of carbonyl (C=O) groups is 2. The van der Waals surface area contributed by atoms with Crippen molar-refractivity contribution >= 4 is 11.9 Å². The Kier molecular flexibility index (Phi) is 3.14. The molecule has 15 heavy (non-hydrogen) atoms. The molecule has 1 N–H and O–H groups in total. The first kappa shape index (κ1) is 11.3. The SMILES string of the molecule is COC(=O)C1=C(C)C(C(=O)OC)=C(O)C1. The second kappa shape index (κ2) is 4.16. The van der Waals surface area contributed by atoms with Gasteiger partial charge in [0.1, 0.15) is 11.3 Å². The lowest BCUT2D eigenvalue weighted by Crippen LogP contribution is -2.08. The van der Waals surface area contributed by atoms with Gasteiger partial charge in [-0.15, -0.1) is 0 Å². The molecule has 1 aliphatic rings. The molecule has 0 heterocycles. The van der Waals surface area contributed by atoms with Crippen LogP contribution >= 0.6 is 0 Å². The van der Waals surface area contributed by atoms with Crippen LogP contribution in [0, 0.1) is 0 Å². The minimum atomic E-state index is -0.649. The third-order valence-electron chi connectivity index (χ3n) is 2.28. The molecule has 5 heteroatoms. The molecule has 0 unspecified atom stereocenters. The number of aliphatic hydroxyl groups is 1. The molecule has 0 aliphatic heterocycles. The smallest absolute Gasteiger partial charge is 0.341 e. The second-order valence-electron chi connectivity index (χ2n) is 3.09. The molecule has 82 valence electrons. The van der Waals surface area contributed by atoms with Gasteiger partial charge in [-0.25, -0.2) is 9.59 Å². The third kappa shape index (κ3) is 1.86. The van der Waals surface area contributed by atoms with Gasteiger partial charge in [-0.1, -0.05) is 0 Å². The quantitative estimate of drug-likeness (QED) is 0.687. The zero-order valence-electron chi connectivity index (χ0n) is 8.79. The van der Waals surface area contributed by atoms with Crippen molar-refractivity contribution in [2.75, 3.05) is 14.2 Å². The zero-order chi connectivity index (χ0) is 11.6. The summed E-state index contributed by atoms with van der Waals surface area (Å²) in [6, 6.07) is 0. The molecule has 5 nitrogen and oxygen atoms in total. The van der Waals surface area contributed by atoms with Crippen molar-refractivity contribution in [3.8, 4) is 0 Å². The number of hydrogen-bond acceptors (Lipinski definition) is 5. The number of aliphatic hydroxyl groups excluding tert-OH is 1. The Morgan fingerprint density at radius 2 is 1.73 bits per heavy atom. The minimum Gasteiger partial charge on any atom is -0.511 e. The molecule has 1 rings (SSSR count). The summed E-state index contributed by atoms with van der Waals surface area (Å²) >= 11 is 0. The molecule has 0 aromatic heterocycles. The van der Waals surface area contributed by atoms with E-state index in [9.17, 15) is 14.7 Å². The lowest BCUT2D eigenvalue weighted by molar-refractivity contribution is -0.136. The highest BCUT2D eigenvalue weighted by molar-refractivity contribution is 6.01. The van der Waals surface area contributed by atoms with E-state index in [0.717, 1.165) is 0 Å². The summed E-state index contributed by atoms with van der Waals surface area (Å²) in [6.07, 6.45) is 0.0168. The number of carbonyl (C=O) groups excluding carboxylic acids is 2.